The molecule has 0 aliphatic heterocycles. The highest BCUT2D eigenvalue weighted by atomic mass is 16.6. The molecule has 0 heterocycles. The Bertz CT molecular complexity index is 260. The first kappa shape index (κ1) is 13.5. The number of rotatable bonds is 3. The molecule has 0 bridgehead atoms. The largest absolute Gasteiger partial charge is 0.460 e. The maximum absolute atomic E-state index is 12.1. The molecule has 4 nitrogen and oxygen atoms in total. The van der Waals surface area contributed by atoms with Crippen LogP contribution in [0.3, 0.4) is 0 Å². The zero-order chi connectivity index (χ0) is 12.4. The first-order chi connectivity index (χ1) is 7.33. The average molecular weight is 228 g/mol. The van der Waals surface area contributed by atoms with E-state index in [1.807, 2.05) is 20.8 Å². The van der Waals surface area contributed by atoms with E-state index in [2.05, 4.69) is 0 Å². The lowest BCUT2D eigenvalue weighted by molar-refractivity contribution is -0.167. The Labute approximate surface area is 97.7 Å². The SMILES string of the molecule is CC(C)(C)OC(=O)C1(CN)CCC(CN)C1. The van der Waals surface area contributed by atoms with Crippen LogP contribution >= 0.6 is 0 Å². The topological polar surface area (TPSA) is 78.3 Å². The molecule has 16 heavy (non-hydrogen) atoms. The zero-order valence-corrected chi connectivity index (χ0v) is 10.6. The highest BCUT2D eigenvalue weighted by Gasteiger charge is 2.46. The van der Waals surface area contributed by atoms with E-state index >= 15 is 0 Å². The first-order valence-corrected chi connectivity index (χ1v) is 5.96. The van der Waals surface area contributed by atoms with Crippen LogP contribution in [0.4, 0.5) is 0 Å². The van der Waals surface area contributed by atoms with Crippen molar-refractivity contribution in [2.75, 3.05) is 13.1 Å². The van der Waals surface area contributed by atoms with Gasteiger partial charge >= 0.3 is 5.97 Å². The number of ether oxygens (including phenoxy) is 1. The van der Waals surface area contributed by atoms with Crippen molar-refractivity contribution in [1.82, 2.24) is 0 Å². The van der Waals surface area contributed by atoms with Crippen LogP contribution in [0.25, 0.3) is 0 Å². The fraction of sp³-hybridized carbons (Fsp3) is 0.917. The van der Waals surface area contributed by atoms with Crippen molar-refractivity contribution in [3.63, 3.8) is 0 Å². The molecule has 0 amide bonds. The normalized spacial score (nSPS) is 30.4. The number of esters is 1. The van der Waals surface area contributed by atoms with Crippen molar-refractivity contribution < 1.29 is 9.53 Å². The molecule has 0 radical (unpaired) electrons. The molecule has 2 unspecified atom stereocenters. The van der Waals surface area contributed by atoms with Crippen LogP contribution in [0.15, 0.2) is 0 Å². The quantitative estimate of drug-likeness (QED) is 0.707. The van der Waals surface area contributed by atoms with Gasteiger partial charge in [0.2, 0.25) is 0 Å². The molecule has 4 N–H and O–H groups in total. The minimum atomic E-state index is -0.489. The van der Waals surface area contributed by atoms with E-state index in [1.54, 1.807) is 0 Å². The molecule has 1 aliphatic carbocycles. The third kappa shape index (κ3) is 2.95. The molecule has 0 aromatic carbocycles. The molecule has 0 aromatic heterocycles. The van der Waals surface area contributed by atoms with E-state index in [4.69, 9.17) is 16.2 Å². The molecule has 0 saturated heterocycles. The number of hydrogen-bond acceptors (Lipinski definition) is 4. The molecule has 0 aromatic rings. The second-order valence-electron chi connectivity index (χ2n) is 5.83. The van der Waals surface area contributed by atoms with Gasteiger partial charge in [-0.15, -0.1) is 0 Å². The lowest BCUT2D eigenvalue weighted by Gasteiger charge is -2.30. The summed E-state index contributed by atoms with van der Waals surface area (Å²) in [6.07, 6.45) is 2.56. The molecule has 2 atom stereocenters. The lowest BCUT2D eigenvalue weighted by atomic mass is 9.85. The average Bonchev–Trinajstić information content (AvgIpc) is 2.59. The van der Waals surface area contributed by atoms with Crippen LogP contribution in [-0.2, 0) is 9.53 Å². The van der Waals surface area contributed by atoms with E-state index < -0.39 is 11.0 Å². The maximum atomic E-state index is 12.1. The monoisotopic (exact) mass is 228 g/mol. The Kier molecular flexibility index (Phi) is 3.97. The third-order valence-electron chi connectivity index (χ3n) is 3.27. The van der Waals surface area contributed by atoms with Gasteiger partial charge in [-0.05, 0) is 52.5 Å². The minimum Gasteiger partial charge on any atom is -0.460 e. The highest BCUT2D eigenvalue weighted by molar-refractivity contribution is 5.78. The Balaban J connectivity index is 2.71. The lowest BCUT2D eigenvalue weighted by Crippen LogP contribution is -2.41. The van der Waals surface area contributed by atoms with E-state index in [0.717, 1.165) is 19.3 Å². The summed E-state index contributed by atoms with van der Waals surface area (Å²) >= 11 is 0. The molecular formula is C12H24N2O2. The predicted octanol–water partition coefficient (Wildman–Crippen LogP) is 1.03. The van der Waals surface area contributed by atoms with Gasteiger partial charge in [-0.2, -0.15) is 0 Å². The van der Waals surface area contributed by atoms with Crippen LogP contribution in [0.2, 0.25) is 0 Å². The Morgan fingerprint density at radius 1 is 1.44 bits per heavy atom. The molecule has 1 saturated carbocycles. The van der Waals surface area contributed by atoms with Gasteiger partial charge in [0.1, 0.15) is 5.60 Å². The van der Waals surface area contributed by atoms with E-state index in [-0.39, 0.29) is 5.97 Å². The minimum absolute atomic E-state index is 0.154. The second-order valence-corrected chi connectivity index (χ2v) is 5.83. The Morgan fingerprint density at radius 3 is 2.44 bits per heavy atom. The molecule has 4 heteroatoms. The standard InChI is InChI=1S/C12H24N2O2/c1-11(2,3)16-10(15)12(8-14)5-4-9(6-12)7-13/h9H,4-8,13-14H2,1-3H3. The van der Waals surface area contributed by atoms with Gasteiger partial charge in [0.25, 0.3) is 0 Å². The molecule has 1 rings (SSSR count). The summed E-state index contributed by atoms with van der Waals surface area (Å²) in [6.45, 7) is 6.63. The summed E-state index contributed by atoms with van der Waals surface area (Å²) in [7, 11) is 0. The summed E-state index contributed by atoms with van der Waals surface area (Å²) in [5, 5.41) is 0. The van der Waals surface area contributed by atoms with Gasteiger partial charge < -0.3 is 16.2 Å². The molecular weight excluding hydrogens is 204 g/mol. The van der Waals surface area contributed by atoms with Gasteiger partial charge in [0, 0.05) is 6.54 Å². The van der Waals surface area contributed by atoms with Crippen molar-refractivity contribution in [2.24, 2.45) is 22.8 Å². The summed E-state index contributed by atoms with van der Waals surface area (Å²) in [6, 6.07) is 0. The summed E-state index contributed by atoms with van der Waals surface area (Å²) < 4.78 is 5.45. The van der Waals surface area contributed by atoms with Crippen molar-refractivity contribution in [3.8, 4) is 0 Å². The first-order valence-electron chi connectivity index (χ1n) is 5.96. The molecule has 94 valence electrons. The molecule has 1 aliphatic rings. The van der Waals surface area contributed by atoms with Crippen molar-refractivity contribution in [1.29, 1.82) is 0 Å². The summed E-state index contributed by atoms with van der Waals surface area (Å²) in [5.74, 6) is 0.259. The van der Waals surface area contributed by atoms with E-state index in [1.165, 1.54) is 0 Å². The van der Waals surface area contributed by atoms with E-state index in [9.17, 15) is 4.79 Å². The van der Waals surface area contributed by atoms with Gasteiger partial charge in [0.05, 0.1) is 5.41 Å². The molecule has 1 fully saturated rings. The third-order valence-corrected chi connectivity index (χ3v) is 3.27. The fourth-order valence-electron chi connectivity index (χ4n) is 2.28. The smallest absolute Gasteiger partial charge is 0.313 e. The van der Waals surface area contributed by atoms with Crippen molar-refractivity contribution >= 4 is 5.97 Å². The maximum Gasteiger partial charge on any atom is 0.313 e. The van der Waals surface area contributed by atoms with Crippen molar-refractivity contribution in [3.05, 3.63) is 0 Å². The fourth-order valence-corrected chi connectivity index (χ4v) is 2.28. The number of nitrogens with two attached hydrogens (primary N) is 2. The van der Waals surface area contributed by atoms with Gasteiger partial charge in [-0.25, -0.2) is 0 Å². The van der Waals surface area contributed by atoms with Crippen LogP contribution in [0.5, 0.6) is 0 Å². The Morgan fingerprint density at radius 2 is 2.06 bits per heavy atom. The van der Waals surface area contributed by atoms with E-state index in [0.29, 0.717) is 19.0 Å². The summed E-state index contributed by atoms with van der Waals surface area (Å²) in [5.41, 5.74) is 10.5. The van der Waals surface area contributed by atoms with Crippen LogP contribution in [0, 0.1) is 11.3 Å². The van der Waals surface area contributed by atoms with Gasteiger partial charge in [-0.3, -0.25) is 4.79 Å². The highest BCUT2D eigenvalue weighted by Crippen LogP contribution is 2.42. The van der Waals surface area contributed by atoms with Crippen LogP contribution in [-0.4, -0.2) is 24.7 Å². The second kappa shape index (κ2) is 4.72. The van der Waals surface area contributed by atoms with Crippen LogP contribution in [0.1, 0.15) is 40.0 Å². The summed E-state index contributed by atoms with van der Waals surface area (Å²) in [4.78, 5) is 12.1. The Hall–Kier alpha value is -0.610. The number of hydrogen-bond donors (Lipinski definition) is 2. The predicted molar refractivity (Wildman–Crippen MR) is 63.7 cm³/mol. The number of carbonyl (C=O) groups excluding carboxylic acids is 1. The van der Waals surface area contributed by atoms with Crippen LogP contribution < -0.4 is 11.5 Å². The van der Waals surface area contributed by atoms with Gasteiger partial charge in [0.15, 0.2) is 0 Å². The van der Waals surface area contributed by atoms with Crippen molar-refractivity contribution in [2.45, 2.75) is 45.6 Å². The van der Waals surface area contributed by atoms with Gasteiger partial charge in [-0.1, -0.05) is 0 Å². The zero-order valence-electron chi connectivity index (χ0n) is 10.6. The molecule has 0 spiro atoms. The number of carbonyl (C=O) groups is 1.